The lowest BCUT2D eigenvalue weighted by Crippen LogP contribution is -2.39. The molecule has 1 aromatic carbocycles. The van der Waals surface area contributed by atoms with E-state index in [9.17, 15) is 18.4 Å². The smallest absolute Gasteiger partial charge is 0.257 e. The molecule has 40 heavy (non-hydrogen) atoms. The number of carbonyl (C=O) groups excluding carboxylic acids is 2. The maximum Gasteiger partial charge on any atom is 0.257 e. The highest BCUT2D eigenvalue weighted by Crippen LogP contribution is 2.36. The van der Waals surface area contributed by atoms with E-state index in [1.165, 1.54) is 28.9 Å². The van der Waals surface area contributed by atoms with Crippen LogP contribution < -0.4 is 5.32 Å². The zero-order valence-corrected chi connectivity index (χ0v) is 21.1. The maximum absolute atomic E-state index is 13.7. The number of anilines is 1. The first-order valence-corrected chi connectivity index (χ1v) is 12.9. The molecule has 200 valence electrons. The van der Waals surface area contributed by atoms with Crippen molar-refractivity contribution in [3.8, 4) is 22.6 Å². The van der Waals surface area contributed by atoms with E-state index in [1.54, 1.807) is 24.4 Å². The molecule has 1 saturated carbocycles. The van der Waals surface area contributed by atoms with E-state index in [2.05, 4.69) is 19.9 Å². The minimum Gasteiger partial charge on any atom is -0.333 e. The molecule has 5 heterocycles. The number of rotatable bonds is 5. The highest BCUT2D eigenvalue weighted by Gasteiger charge is 2.36. The van der Waals surface area contributed by atoms with Gasteiger partial charge in [0.15, 0.2) is 11.5 Å². The molecule has 2 amide bonds. The fourth-order valence-corrected chi connectivity index (χ4v) is 4.98. The molecule has 0 bridgehead atoms. The van der Waals surface area contributed by atoms with Gasteiger partial charge >= 0.3 is 0 Å². The number of hydrogen-bond acceptors (Lipinski definition) is 6. The molecule has 4 aromatic heterocycles. The van der Waals surface area contributed by atoms with Crippen LogP contribution in [-0.4, -0.2) is 52.4 Å². The molecule has 1 aliphatic heterocycles. The number of hydrogen-bond donors (Lipinski definition) is 1. The van der Waals surface area contributed by atoms with Crippen LogP contribution in [0.4, 0.5) is 14.6 Å². The van der Waals surface area contributed by atoms with Gasteiger partial charge in [-0.25, -0.2) is 23.9 Å². The predicted molar refractivity (Wildman–Crippen MR) is 140 cm³/mol. The largest absolute Gasteiger partial charge is 0.333 e. The van der Waals surface area contributed by atoms with E-state index >= 15 is 0 Å². The normalized spacial score (nSPS) is 14.8. The summed E-state index contributed by atoms with van der Waals surface area (Å²) in [6.45, 7) is 1.50. The van der Waals surface area contributed by atoms with Gasteiger partial charge in [-0.05, 0) is 55.3 Å². The standard InChI is InChI=1S/C28H22F2N8O2/c29-19-5-3-16(4-6-19)25-26(37-12-11-36(15-24(37)34-25)28(40)17-1-2-17)20-7-8-23-32-22(14-38(23)35-20)33-27(39)18-9-10-31-21(30)13-18/h3-10,13-14,17H,1-2,11-12,15H2,(H,33,39). The van der Waals surface area contributed by atoms with Gasteiger partial charge < -0.3 is 14.8 Å². The van der Waals surface area contributed by atoms with Crippen LogP contribution in [0.2, 0.25) is 0 Å². The third kappa shape index (κ3) is 4.36. The molecule has 2 aliphatic rings. The van der Waals surface area contributed by atoms with Crippen LogP contribution in [0.25, 0.3) is 28.3 Å². The molecular weight excluding hydrogens is 518 g/mol. The summed E-state index contributed by atoms with van der Waals surface area (Å²) in [5.74, 6) is -0.364. The van der Waals surface area contributed by atoms with Crippen molar-refractivity contribution in [2.45, 2.75) is 25.9 Å². The number of aromatic nitrogens is 6. The zero-order chi connectivity index (χ0) is 27.4. The predicted octanol–water partition coefficient (Wildman–Crippen LogP) is 3.94. The van der Waals surface area contributed by atoms with E-state index in [4.69, 9.17) is 10.1 Å². The van der Waals surface area contributed by atoms with Gasteiger partial charge in [0.05, 0.1) is 24.1 Å². The Morgan fingerprint density at radius 2 is 1.80 bits per heavy atom. The number of nitrogens with zero attached hydrogens (tertiary/aromatic N) is 7. The third-order valence-electron chi connectivity index (χ3n) is 7.12. The number of nitrogens with one attached hydrogen (secondary N) is 1. The molecule has 0 unspecified atom stereocenters. The Morgan fingerprint density at radius 1 is 0.975 bits per heavy atom. The van der Waals surface area contributed by atoms with E-state index < -0.39 is 11.9 Å². The number of halogens is 2. The second kappa shape index (κ2) is 9.33. The van der Waals surface area contributed by atoms with Crippen molar-refractivity contribution in [2.75, 3.05) is 11.9 Å². The second-order valence-electron chi connectivity index (χ2n) is 9.89. The van der Waals surface area contributed by atoms with Crippen molar-refractivity contribution in [3.63, 3.8) is 0 Å². The van der Waals surface area contributed by atoms with Crippen molar-refractivity contribution in [1.29, 1.82) is 0 Å². The molecule has 5 aromatic rings. The summed E-state index contributed by atoms with van der Waals surface area (Å²) < 4.78 is 30.8. The molecule has 10 nitrogen and oxygen atoms in total. The number of fused-ring (bicyclic) bond motifs is 2. The molecule has 0 saturated heterocycles. The van der Waals surface area contributed by atoms with Gasteiger partial charge in [-0.2, -0.15) is 9.49 Å². The van der Waals surface area contributed by atoms with Crippen molar-refractivity contribution < 1.29 is 18.4 Å². The summed E-state index contributed by atoms with van der Waals surface area (Å²) in [5.41, 5.74) is 3.30. The van der Waals surface area contributed by atoms with Gasteiger partial charge in [-0.3, -0.25) is 9.59 Å². The Balaban J connectivity index is 1.25. The maximum atomic E-state index is 13.7. The minimum absolute atomic E-state index is 0.113. The Hall–Kier alpha value is -5.00. The van der Waals surface area contributed by atoms with E-state index in [0.717, 1.165) is 36.0 Å². The SMILES string of the molecule is O=C(Nc1cn2nc(-c3c(-c4ccc(F)cc4)nc4n3CCN(C(=O)C3CC3)C4)ccc2n1)c1ccnc(F)c1. The van der Waals surface area contributed by atoms with Gasteiger partial charge in [0.2, 0.25) is 11.9 Å². The Labute approximate surface area is 226 Å². The van der Waals surface area contributed by atoms with Crippen LogP contribution in [0.5, 0.6) is 0 Å². The average Bonchev–Trinajstić information content (AvgIpc) is 3.62. The molecular formula is C28H22F2N8O2. The first-order valence-electron chi connectivity index (χ1n) is 12.9. The first kappa shape index (κ1) is 24.1. The molecule has 0 atom stereocenters. The van der Waals surface area contributed by atoms with Crippen LogP contribution in [-0.2, 0) is 17.9 Å². The highest BCUT2D eigenvalue weighted by atomic mass is 19.1. The fourth-order valence-electron chi connectivity index (χ4n) is 4.98. The molecule has 1 aliphatic carbocycles. The number of carbonyl (C=O) groups is 2. The van der Waals surface area contributed by atoms with Gasteiger partial charge in [0, 0.05) is 42.4 Å². The van der Waals surface area contributed by atoms with Crippen LogP contribution in [0.3, 0.4) is 0 Å². The number of benzene rings is 1. The monoisotopic (exact) mass is 540 g/mol. The summed E-state index contributed by atoms with van der Waals surface area (Å²) in [6, 6.07) is 12.1. The van der Waals surface area contributed by atoms with Crippen molar-refractivity contribution >= 4 is 23.3 Å². The van der Waals surface area contributed by atoms with Gasteiger partial charge in [-0.15, -0.1) is 0 Å². The number of imidazole rings is 2. The fraction of sp³-hybridized carbons (Fsp3) is 0.214. The quantitative estimate of drug-likeness (QED) is 0.338. The summed E-state index contributed by atoms with van der Waals surface area (Å²) >= 11 is 0. The van der Waals surface area contributed by atoms with Crippen LogP contribution in [0.1, 0.15) is 29.0 Å². The summed E-state index contributed by atoms with van der Waals surface area (Å²) in [5, 5.41) is 7.41. The summed E-state index contributed by atoms with van der Waals surface area (Å²) in [7, 11) is 0. The Morgan fingerprint density at radius 3 is 2.58 bits per heavy atom. The van der Waals surface area contributed by atoms with Crippen LogP contribution >= 0.6 is 0 Å². The summed E-state index contributed by atoms with van der Waals surface area (Å²) in [4.78, 5) is 39.9. The number of pyridine rings is 1. The van der Waals surface area contributed by atoms with Crippen molar-refractivity contribution in [1.82, 2.24) is 34.0 Å². The molecule has 1 fully saturated rings. The van der Waals surface area contributed by atoms with Gasteiger partial charge in [-0.1, -0.05) is 0 Å². The lowest BCUT2D eigenvalue weighted by Gasteiger charge is -2.28. The molecule has 0 spiro atoms. The Bertz CT molecular complexity index is 1790. The molecule has 1 N–H and O–H groups in total. The third-order valence-corrected chi connectivity index (χ3v) is 7.12. The molecule has 0 radical (unpaired) electrons. The Kier molecular flexibility index (Phi) is 5.61. The molecule has 12 heteroatoms. The lowest BCUT2D eigenvalue weighted by atomic mass is 10.1. The number of amides is 2. The zero-order valence-electron chi connectivity index (χ0n) is 21.1. The summed E-state index contributed by atoms with van der Waals surface area (Å²) in [6.07, 6.45) is 4.66. The first-order chi connectivity index (χ1) is 19.4. The van der Waals surface area contributed by atoms with Crippen molar-refractivity contribution in [3.05, 3.63) is 84.1 Å². The topological polar surface area (TPSA) is 110 Å². The van der Waals surface area contributed by atoms with Gasteiger partial charge in [0.1, 0.15) is 17.3 Å². The van der Waals surface area contributed by atoms with E-state index in [1.807, 2.05) is 11.0 Å². The lowest BCUT2D eigenvalue weighted by molar-refractivity contribution is -0.134. The molecule has 7 rings (SSSR count). The van der Waals surface area contributed by atoms with Crippen LogP contribution in [0, 0.1) is 17.7 Å². The average molecular weight is 541 g/mol. The van der Waals surface area contributed by atoms with E-state index in [0.29, 0.717) is 36.7 Å². The van der Waals surface area contributed by atoms with Crippen molar-refractivity contribution in [2.24, 2.45) is 5.92 Å². The second-order valence-corrected chi connectivity index (χ2v) is 9.89. The minimum atomic E-state index is -0.755. The van der Waals surface area contributed by atoms with Crippen LogP contribution in [0.15, 0.2) is 60.9 Å². The highest BCUT2D eigenvalue weighted by molar-refractivity contribution is 6.03. The van der Waals surface area contributed by atoms with E-state index in [-0.39, 0.29) is 29.0 Å². The van der Waals surface area contributed by atoms with Gasteiger partial charge in [0.25, 0.3) is 5.91 Å².